The van der Waals surface area contributed by atoms with Crippen molar-refractivity contribution in [3.05, 3.63) is 63.7 Å². The zero-order chi connectivity index (χ0) is 22.4. The number of aromatic amines is 1. The van der Waals surface area contributed by atoms with E-state index in [2.05, 4.69) is 20.3 Å². The van der Waals surface area contributed by atoms with Crippen LogP contribution in [0.15, 0.2) is 46.5 Å². The summed E-state index contributed by atoms with van der Waals surface area (Å²) in [7, 11) is 1.58. The number of amides is 1. The molecule has 0 fully saturated rings. The van der Waals surface area contributed by atoms with Crippen LogP contribution in [0.2, 0.25) is 0 Å². The molecule has 0 aliphatic heterocycles. The smallest absolute Gasteiger partial charge is 0.254 e. The first-order valence-electron chi connectivity index (χ1n) is 9.61. The maximum Gasteiger partial charge on any atom is 0.254 e. The lowest BCUT2D eigenvalue weighted by molar-refractivity contribution is -0.116. The van der Waals surface area contributed by atoms with E-state index in [9.17, 15) is 9.59 Å². The van der Waals surface area contributed by atoms with Gasteiger partial charge in [0.05, 0.1) is 19.0 Å². The van der Waals surface area contributed by atoms with E-state index in [1.54, 1.807) is 26.2 Å². The summed E-state index contributed by atoms with van der Waals surface area (Å²) in [5, 5.41) is 3.34. The Labute approximate surface area is 184 Å². The van der Waals surface area contributed by atoms with E-state index in [0.717, 1.165) is 5.56 Å². The van der Waals surface area contributed by atoms with Crippen molar-refractivity contribution in [2.45, 2.75) is 31.8 Å². The Balaban J connectivity index is 1.59. The predicted octanol–water partition coefficient (Wildman–Crippen LogP) is 3.88. The highest BCUT2D eigenvalue weighted by Crippen LogP contribution is 2.31. The van der Waals surface area contributed by atoms with Gasteiger partial charge in [0.2, 0.25) is 11.8 Å². The van der Waals surface area contributed by atoms with Crippen molar-refractivity contribution >= 4 is 23.4 Å². The fraction of sp³-hybridized carbons (Fsp3) is 0.273. The number of nitrogens with one attached hydrogen (secondary N) is 2. The molecule has 162 valence electrons. The van der Waals surface area contributed by atoms with E-state index in [1.165, 1.54) is 18.0 Å². The third-order valence-corrected chi connectivity index (χ3v) is 5.13. The number of ether oxygens (including phenoxy) is 2. The van der Waals surface area contributed by atoms with E-state index in [-0.39, 0.29) is 17.9 Å². The van der Waals surface area contributed by atoms with E-state index >= 15 is 0 Å². The van der Waals surface area contributed by atoms with Crippen molar-refractivity contribution in [2.75, 3.05) is 18.7 Å². The second kappa shape index (κ2) is 10.1. The van der Waals surface area contributed by atoms with Gasteiger partial charge in [-0.1, -0.05) is 17.8 Å². The van der Waals surface area contributed by atoms with E-state index < -0.39 is 0 Å². The zero-order valence-corrected chi connectivity index (χ0v) is 18.6. The molecule has 2 heterocycles. The van der Waals surface area contributed by atoms with Crippen LogP contribution in [-0.4, -0.2) is 34.2 Å². The lowest BCUT2D eigenvalue weighted by atomic mass is 10.1. The quantitative estimate of drug-likeness (QED) is 0.404. The number of anilines is 1. The molecule has 1 aromatic carbocycles. The first-order chi connectivity index (χ1) is 14.9. The highest BCUT2D eigenvalue weighted by Gasteiger charge is 2.11. The van der Waals surface area contributed by atoms with Crippen molar-refractivity contribution in [1.82, 2.24) is 15.0 Å². The van der Waals surface area contributed by atoms with E-state index in [4.69, 9.17) is 9.47 Å². The number of H-pyrrole nitrogens is 1. The molecule has 31 heavy (non-hydrogen) atoms. The lowest BCUT2D eigenvalue weighted by Gasteiger charge is -2.11. The molecule has 0 aliphatic carbocycles. The summed E-state index contributed by atoms with van der Waals surface area (Å²) in [5.41, 5.74) is 2.54. The van der Waals surface area contributed by atoms with Gasteiger partial charge in [-0.15, -0.1) is 0 Å². The van der Waals surface area contributed by atoms with Gasteiger partial charge in [0.15, 0.2) is 16.7 Å². The number of benzene rings is 1. The molecule has 0 saturated carbocycles. The Morgan fingerprint density at radius 1 is 1.19 bits per heavy atom. The summed E-state index contributed by atoms with van der Waals surface area (Å²) in [6, 6.07) is 8.97. The maximum atomic E-state index is 12.3. The lowest BCUT2D eigenvalue weighted by Crippen LogP contribution is -2.20. The number of methoxy groups -OCH3 is 1. The third-order valence-electron chi connectivity index (χ3n) is 4.55. The molecule has 1 amide bonds. The number of pyridine rings is 1. The summed E-state index contributed by atoms with van der Waals surface area (Å²) in [6.45, 7) is 3.74. The highest BCUT2D eigenvalue weighted by atomic mass is 32.2. The maximum absolute atomic E-state index is 12.3. The van der Waals surface area contributed by atoms with Crippen LogP contribution in [0.25, 0.3) is 0 Å². The Bertz CT molecular complexity index is 1130. The van der Waals surface area contributed by atoms with Gasteiger partial charge in [0, 0.05) is 23.7 Å². The molecular formula is C22H24N4O4S. The Hall–Kier alpha value is -3.33. The van der Waals surface area contributed by atoms with Crippen LogP contribution in [0.5, 0.6) is 17.4 Å². The summed E-state index contributed by atoms with van der Waals surface area (Å²) in [4.78, 5) is 35.7. The van der Waals surface area contributed by atoms with Crippen LogP contribution >= 0.6 is 11.8 Å². The predicted molar refractivity (Wildman–Crippen MR) is 120 cm³/mol. The monoisotopic (exact) mass is 440 g/mol. The number of hydrogen-bond acceptors (Lipinski definition) is 7. The zero-order valence-electron chi connectivity index (χ0n) is 17.8. The molecule has 0 bridgehead atoms. The van der Waals surface area contributed by atoms with Gasteiger partial charge in [-0.05, 0) is 50.3 Å². The molecule has 0 unspecified atom stereocenters. The molecule has 0 saturated heterocycles. The molecule has 0 atom stereocenters. The minimum Gasteiger partial charge on any atom is -0.493 e. The first-order valence-corrected chi connectivity index (χ1v) is 10.8. The molecule has 3 aromatic rings. The molecule has 2 N–H and O–H groups in total. The molecule has 2 aromatic heterocycles. The van der Waals surface area contributed by atoms with Crippen molar-refractivity contribution in [3.8, 4) is 17.4 Å². The number of aromatic nitrogens is 3. The molecule has 0 spiro atoms. The Kier molecular flexibility index (Phi) is 7.30. The molecule has 3 rings (SSSR count). The van der Waals surface area contributed by atoms with Gasteiger partial charge in [-0.2, -0.15) is 0 Å². The van der Waals surface area contributed by atoms with Crippen molar-refractivity contribution in [2.24, 2.45) is 0 Å². The van der Waals surface area contributed by atoms with Gasteiger partial charge < -0.3 is 19.8 Å². The number of carbonyl (C=O) groups excluding carboxylic acids is 1. The van der Waals surface area contributed by atoms with E-state index in [1.807, 2.05) is 31.4 Å². The highest BCUT2D eigenvalue weighted by molar-refractivity contribution is 7.98. The third kappa shape index (κ3) is 5.85. The number of thioether (sulfide) groups is 1. The average molecular weight is 441 g/mol. The summed E-state index contributed by atoms with van der Waals surface area (Å²) >= 11 is 1.37. The minimum absolute atomic E-state index is 0.156. The molecular weight excluding hydrogens is 416 g/mol. The minimum atomic E-state index is -0.219. The van der Waals surface area contributed by atoms with Gasteiger partial charge >= 0.3 is 0 Å². The molecule has 0 aliphatic rings. The number of nitrogens with zero attached hydrogens (tertiary/aromatic N) is 2. The van der Waals surface area contributed by atoms with Crippen LogP contribution in [0.3, 0.4) is 0 Å². The standard InChI is InChI=1S/C22H24N4O4S/c1-13-5-8-17(18(11-13)29-3)30-20-10-6-15(12-23-20)25-19(27)9-7-16-14(2)24-22(31-4)26-21(16)28/h5-6,8,10-12H,7,9H2,1-4H3,(H,25,27)(H,24,26,28). The molecule has 8 nitrogen and oxygen atoms in total. The van der Waals surface area contributed by atoms with Crippen LogP contribution in [-0.2, 0) is 11.2 Å². The summed E-state index contributed by atoms with van der Waals surface area (Å²) in [6.07, 6.45) is 3.81. The van der Waals surface area contributed by atoms with Crippen molar-refractivity contribution in [1.29, 1.82) is 0 Å². The van der Waals surface area contributed by atoms with Crippen molar-refractivity contribution < 1.29 is 14.3 Å². The largest absolute Gasteiger partial charge is 0.493 e. The topological polar surface area (TPSA) is 106 Å². The fourth-order valence-corrected chi connectivity index (χ4v) is 3.35. The Morgan fingerprint density at radius 3 is 2.65 bits per heavy atom. The van der Waals surface area contributed by atoms with Crippen LogP contribution in [0, 0.1) is 13.8 Å². The van der Waals surface area contributed by atoms with Crippen LogP contribution in [0.1, 0.15) is 23.2 Å². The van der Waals surface area contributed by atoms with Crippen LogP contribution < -0.4 is 20.3 Å². The summed E-state index contributed by atoms with van der Waals surface area (Å²) < 4.78 is 11.1. The normalized spacial score (nSPS) is 10.6. The summed E-state index contributed by atoms with van der Waals surface area (Å²) in [5.74, 6) is 1.33. The van der Waals surface area contributed by atoms with Crippen LogP contribution in [0.4, 0.5) is 5.69 Å². The van der Waals surface area contributed by atoms with Gasteiger partial charge in [-0.3, -0.25) is 9.59 Å². The molecule has 0 radical (unpaired) electrons. The van der Waals surface area contributed by atoms with Gasteiger partial charge in [-0.25, -0.2) is 9.97 Å². The number of rotatable bonds is 8. The van der Waals surface area contributed by atoms with Crippen molar-refractivity contribution in [3.63, 3.8) is 0 Å². The first kappa shape index (κ1) is 22.4. The number of hydrogen-bond donors (Lipinski definition) is 2. The average Bonchev–Trinajstić information content (AvgIpc) is 2.75. The molecule has 9 heteroatoms. The number of aryl methyl sites for hydroxylation is 2. The second-order valence-electron chi connectivity index (χ2n) is 6.83. The SMILES string of the molecule is COc1cc(C)ccc1Oc1ccc(NC(=O)CCc2c(C)nc(SC)[nH]c2=O)cn1. The fourth-order valence-electron chi connectivity index (χ4n) is 2.92. The van der Waals surface area contributed by atoms with Gasteiger partial charge in [0.25, 0.3) is 5.56 Å². The second-order valence-corrected chi connectivity index (χ2v) is 7.62. The van der Waals surface area contributed by atoms with E-state index in [0.29, 0.717) is 45.9 Å². The van der Waals surface area contributed by atoms with Gasteiger partial charge in [0.1, 0.15) is 0 Å². The Morgan fingerprint density at radius 2 is 2.00 bits per heavy atom. The number of carbonyl (C=O) groups is 1.